The van der Waals surface area contributed by atoms with Crippen LogP contribution in [0.1, 0.15) is 0 Å². The molecule has 0 saturated heterocycles. The van der Waals surface area contributed by atoms with E-state index in [1.807, 2.05) is 29.6 Å². The largest absolute Gasteiger partial charge is 0.370 e. The first-order chi connectivity index (χ1) is 10.2. The average molecular weight is 298 g/mol. The lowest BCUT2D eigenvalue weighted by Gasteiger charge is -2.00. The van der Waals surface area contributed by atoms with Gasteiger partial charge in [-0.1, -0.05) is 18.1 Å². The first-order valence-corrected chi connectivity index (χ1v) is 6.93. The van der Waals surface area contributed by atoms with Crippen molar-refractivity contribution in [3.8, 4) is 23.6 Å². The molecule has 0 fully saturated rings. The van der Waals surface area contributed by atoms with Gasteiger partial charge in [-0.2, -0.15) is 0 Å². The maximum absolute atomic E-state index is 7.18. The Morgan fingerprint density at radius 3 is 3.19 bits per heavy atom. The molecule has 1 heterocycles. The third-order valence-corrected chi connectivity index (χ3v) is 3.15. The highest BCUT2D eigenvalue weighted by Gasteiger charge is 2.05. The summed E-state index contributed by atoms with van der Waals surface area (Å²) in [6, 6.07) is 7.65. The lowest BCUT2D eigenvalue weighted by atomic mass is 10.1. The maximum atomic E-state index is 7.18. The number of rotatable bonds is 5. The predicted molar refractivity (Wildman–Crippen MR) is 88.1 cm³/mol. The molecule has 6 nitrogen and oxygen atoms in total. The summed E-state index contributed by atoms with van der Waals surface area (Å²) in [7, 11) is 0. The molecule has 0 aliphatic heterocycles. The number of terminal acetylenes is 1. The van der Waals surface area contributed by atoms with Gasteiger partial charge in [0.15, 0.2) is 11.1 Å². The van der Waals surface area contributed by atoms with Crippen molar-refractivity contribution in [3.05, 3.63) is 29.6 Å². The Morgan fingerprint density at radius 2 is 2.43 bits per heavy atom. The maximum Gasteiger partial charge on any atom is 0.192 e. The molecule has 0 radical (unpaired) electrons. The zero-order chi connectivity index (χ0) is 15.1. The van der Waals surface area contributed by atoms with Crippen LogP contribution in [0, 0.1) is 17.8 Å². The van der Waals surface area contributed by atoms with Crippen molar-refractivity contribution in [2.75, 3.05) is 11.9 Å². The van der Waals surface area contributed by atoms with E-state index in [-0.39, 0.29) is 5.96 Å². The SMILES string of the molecule is C#CCN/C=N/c1cccc(-c2csc(NC(=N)N)n2)c1. The number of thiazole rings is 1. The molecule has 2 rings (SSSR count). The van der Waals surface area contributed by atoms with Crippen molar-refractivity contribution >= 4 is 34.5 Å². The van der Waals surface area contributed by atoms with Crippen molar-refractivity contribution in [2.24, 2.45) is 10.7 Å². The highest BCUT2D eigenvalue weighted by Crippen LogP contribution is 2.27. The van der Waals surface area contributed by atoms with Crippen LogP contribution in [-0.2, 0) is 0 Å². The highest BCUT2D eigenvalue weighted by atomic mass is 32.1. The van der Waals surface area contributed by atoms with Crippen LogP contribution >= 0.6 is 11.3 Å². The molecule has 1 aromatic carbocycles. The lowest BCUT2D eigenvalue weighted by Crippen LogP contribution is -2.20. The van der Waals surface area contributed by atoms with Crippen molar-refractivity contribution in [2.45, 2.75) is 0 Å². The fraction of sp³-hybridized carbons (Fsp3) is 0.0714. The number of nitrogens with two attached hydrogens (primary N) is 1. The second kappa shape index (κ2) is 7.07. The highest BCUT2D eigenvalue weighted by molar-refractivity contribution is 7.14. The molecule has 7 heteroatoms. The van der Waals surface area contributed by atoms with Crippen molar-refractivity contribution in [1.29, 1.82) is 5.41 Å². The van der Waals surface area contributed by atoms with Gasteiger partial charge in [-0.15, -0.1) is 17.8 Å². The molecular formula is C14H14N6S. The van der Waals surface area contributed by atoms with Gasteiger partial charge >= 0.3 is 0 Å². The van der Waals surface area contributed by atoms with Gasteiger partial charge in [0.25, 0.3) is 0 Å². The van der Waals surface area contributed by atoms with E-state index in [9.17, 15) is 0 Å². The standard InChI is InChI=1S/C14H14N6S/c1-2-6-17-9-18-11-5-3-4-10(7-11)12-8-21-14(19-12)20-13(15)16/h1,3-5,7-9H,6H2,(H,17,18)(H4,15,16,19,20). The van der Waals surface area contributed by atoms with Gasteiger partial charge in [0.05, 0.1) is 24.3 Å². The van der Waals surface area contributed by atoms with Crippen LogP contribution in [0.3, 0.4) is 0 Å². The van der Waals surface area contributed by atoms with E-state index < -0.39 is 0 Å². The fourth-order valence-corrected chi connectivity index (χ4v) is 2.28. The summed E-state index contributed by atoms with van der Waals surface area (Å²) in [5.41, 5.74) is 7.81. The summed E-state index contributed by atoms with van der Waals surface area (Å²) in [6.07, 6.45) is 6.71. The number of aromatic nitrogens is 1. The summed E-state index contributed by atoms with van der Waals surface area (Å²) in [5.74, 6) is 2.33. The number of hydrogen-bond acceptors (Lipinski definition) is 4. The predicted octanol–water partition coefficient (Wildman–Crippen LogP) is 2.00. The third-order valence-electron chi connectivity index (χ3n) is 2.40. The summed E-state index contributed by atoms with van der Waals surface area (Å²) in [5, 5.41) is 15.2. The zero-order valence-corrected chi connectivity index (χ0v) is 11.9. The monoisotopic (exact) mass is 298 g/mol. The van der Waals surface area contributed by atoms with Crippen molar-refractivity contribution in [1.82, 2.24) is 10.3 Å². The van der Waals surface area contributed by atoms with Gasteiger partial charge in [-0.25, -0.2) is 9.98 Å². The summed E-state index contributed by atoms with van der Waals surface area (Å²) < 4.78 is 0. The number of guanidine groups is 1. The van der Waals surface area contributed by atoms with Crippen LogP contribution in [-0.4, -0.2) is 23.8 Å². The molecule has 0 aliphatic carbocycles. The minimum absolute atomic E-state index is 0.131. The smallest absolute Gasteiger partial charge is 0.192 e. The molecule has 0 atom stereocenters. The Kier molecular flexibility index (Phi) is 4.90. The Morgan fingerprint density at radius 1 is 1.57 bits per heavy atom. The van der Waals surface area contributed by atoms with E-state index in [0.29, 0.717) is 11.7 Å². The lowest BCUT2D eigenvalue weighted by molar-refractivity contribution is 1.10. The molecule has 0 amide bonds. The molecule has 1 aromatic heterocycles. The quantitative estimate of drug-likeness (QED) is 0.293. The first-order valence-electron chi connectivity index (χ1n) is 6.05. The molecule has 106 valence electrons. The molecule has 0 spiro atoms. The second-order valence-corrected chi connectivity index (χ2v) is 4.83. The Bertz CT molecular complexity index is 697. The van der Waals surface area contributed by atoms with Crippen molar-refractivity contribution in [3.63, 3.8) is 0 Å². The van der Waals surface area contributed by atoms with Crippen LogP contribution in [0.4, 0.5) is 10.8 Å². The van der Waals surface area contributed by atoms with Gasteiger partial charge in [-0.05, 0) is 12.1 Å². The van der Waals surface area contributed by atoms with E-state index in [4.69, 9.17) is 17.6 Å². The van der Waals surface area contributed by atoms with E-state index in [2.05, 4.69) is 26.5 Å². The van der Waals surface area contributed by atoms with Crippen LogP contribution in [0.25, 0.3) is 11.3 Å². The van der Waals surface area contributed by atoms with Gasteiger partial charge < -0.3 is 16.4 Å². The van der Waals surface area contributed by atoms with Crippen molar-refractivity contribution < 1.29 is 0 Å². The van der Waals surface area contributed by atoms with E-state index in [0.717, 1.165) is 16.9 Å². The van der Waals surface area contributed by atoms with Gasteiger partial charge in [0, 0.05) is 10.9 Å². The van der Waals surface area contributed by atoms with E-state index >= 15 is 0 Å². The average Bonchev–Trinajstić information content (AvgIpc) is 2.92. The van der Waals surface area contributed by atoms with E-state index in [1.165, 1.54) is 11.3 Å². The Balaban J connectivity index is 2.13. The van der Waals surface area contributed by atoms with Crippen LogP contribution in [0.5, 0.6) is 0 Å². The topological polar surface area (TPSA) is 99.2 Å². The third kappa shape index (κ3) is 4.33. The molecule has 0 aliphatic rings. The minimum Gasteiger partial charge on any atom is -0.370 e. The molecule has 2 aromatic rings. The number of aliphatic imine (C=N–C) groups is 1. The molecule has 5 N–H and O–H groups in total. The number of nitrogens with one attached hydrogen (secondary N) is 3. The zero-order valence-electron chi connectivity index (χ0n) is 11.1. The summed E-state index contributed by atoms with van der Waals surface area (Å²) in [6.45, 7) is 0.440. The van der Waals surface area contributed by atoms with Crippen LogP contribution < -0.4 is 16.4 Å². The Hall–Kier alpha value is -2.85. The molecule has 0 bridgehead atoms. The van der Waals surface area contributed by atoms with Gasteiger partial charge in [0.1, 0.15) is 0 Å². The molecule has 0 saturated carbocycles. The molecule has 0 unspecified atom stereocenters. The molecule has 21 heavy (non-hydrogen) atoms. The number of nitrogens with zero attached hydrogens (tertiary/aromatic N) is 2. The fourth-order valence-electron chi connectivity index (χ4n) is 1.55. The number of anilines is 1. The van der Waals surface area contributed by atoms with E-state index in [1.54, 1.807) is 6.34 Å². The van der Waals surface area contributed by atoms with Gasteiger partial charge in [-0.3, -0.25) is 5.41 Å². The Labute approximate surface area is 126 Å². The summed E-state index contributed by atoms with van der Waals surface area (Å²) in [4.78, 5) is 8.62. The normalized spacial score (nSPS) is 10.2. The number of hydrogen-bond donors (Lipinski definition) is 4. The number of benzene rings is 1. The van der Waals surface area contributed by atoms with Gasteiger partial charge in [0.2, 0.25) is 0 Å². The summed E-state index contributed by atoms with van der Waals surface area (Å²) >= 11 is 1.39. The first kappa shape index (κ1) is 14.6. The van der Waals surface area contributed by atoms with Crippen LogP contribution in [0.2, 0.25) is 0 Å². The van der Waals surface area contributed by atoms with Crippen LogP contribution in [0.15, 0.2) is 34.6 Å². The molecular weight excluding hydrogens is 284 g/mol. The minimum atomic E-state index is -0.131. The second-order valence-electron chi connectivity index (χ2n) is 3.97.